The fourth-order valence-corrected chi connectivity index (χ4v) is 3.09. The molecule has 20 heavy (non-hydrogen) atoms. The molecule has 0 bridgehead atoms. The smallest absolute Gasteiger partial charge is 0.137 e. The Labute approximate surface area is 123 Å². The highest BCUT2D eigenvalue weighted by atomic mass is 35.5. The van der Waals surface area contributed by atoms with Gasteiger partial charge in [0.05, 0.1) is 12.7 Å². The lowest BCUT2D eigenvalue weighted by molar-refractivity contribution is -0.118. The first-order chi connectivity index (χ1) is 9.60. The molecule has 0 spiro atoms. The molecule has 4 heteroatoms. The van der Waals surface area contributed by atoms with Crippen molar-refractivity contribution in [1.29, 1.82) is 0 Å². The number of furan rings is 1. The van der Waals surface area contributed by atoms with Gasteiger partial charge in [-0.1, -0.05) is 24.9 Å². The molecule has 0 aliphatic carbocycles. The lowest BCUT2D eigenvalue weighted by Gasteiger charge is -2.35. The van der Waals surface area contributed by atoms with Gasteiger partial charge in [-0.15, -0.1) is 0 Å². The first-order valence-electron chi connectivity index (χ1n) is 7.14. The van der Waals surface area contributed by atoms with Crippen LogP contribution in [-0.4, -0.2) is 17.8 Å². The molecule has 0 amide bonds. The van der Waals surface area contributed by atoms with Gasteiger partial charge in [-0.25, -0.2) is 0 Å². The number of aliphatic hydroxyl groups is 1. The second kappa shape index (κ2) is 5.40. The van der Waals surface area contributed by atoms with Crippen molar-refractivity contribution in [2.75, 3.05) is 6.61 Å². The van der Waals surface area contributed by atoms with E-state index in [2.05, 4.69) is 6.92 Å². The summed E-state index contributed by atoms with van der Waals surface area (Å²) in [6.07, 6.45) is 3.29. The Morgan fingerprint density at radius 1 is 1.40 bits per heavy atom. The van der Waals surface area contributed by atoms with Crippen LogP contribution in [0.15, 0.2) is 28.7 Å². The zero-order valence-corrected chi connectivity index (χ0v) is 12.3. The van der Waals surface area contributed by atoms with E-state index in [-0.39, 0.29) is 6.10 Å². The molecule has 1 aliphatic heterocycles. The van der Waals surface area contributed by atoms with Gasteiger partial charge < -0.3 is 14.3 Å². The normalized spacial score (nSPS) is 27.1. The fourth-order valence-electron chi connectivity index (χ4n) is 2.91. The third-order valence-corrected chi connectivity index (χ3v) is 4.22. The monoisotopic (exact) mass is 294 g/mol. The molecule has 0 saturated carbocycles. The summed E-state index contributed by atoms with van der Waals surface area (Å²) in [6, 6.07) is 7.39. The Kier molecular flexibility index (Phi) is 3.76. The van der Waals surface area contributed by atoms with Crippen molar-refractivity contribution in [2.24, 2.45) is 0 Å². The molecular weight excluding hydrogens is 276 g/mol. The SMILES string of the molecule is CCCC1CC(O)(c2cc3cc(Cl)ccc3o2)CCO1. The Morgan fingerprint density at radius 2 is 2.25 bits per heavy atom. The maximum Gasteiger partial charge on any atom is 0.137 e. The van der Waals surface area contributed by atoms with Crippen LogP contribution in [0, 0.1) is 0 Å². The molecule has 1 N–H and O–H groups in total. The predicted molar refractivity (Wildman–Crippen MR) is 79.0 cm³/mol. The summed E-state index contributed by atoms with van der Waals surface area (Å²) in [7, 11) is 0. The van der Waals surface area contributed by atoms with E-state index < -0.39 is 5.60 Å². The molecule has 0 radical (unpaired) electrons. The van der Waals surface area contributed by atoms with Crippen LogP contribution in [0.25, 0.3) is 11.0 Å². The molecule has 2 unspecified atom stereocenters. The van der Waals surface area contributed by atoms with E-state index in [1.165, 1.54) is 0 Å². The van der Waals surface area contributed by atoms with Crippen LogP contribution in [0.1, 0.15) is 38.4 Å². The Balaban J connectivity index is 1.92. The number of hydrogen-bond acceptors (Lipinski definition) is 3. The molecule has 1 aromatic heterocycles. The van der Waals surface area contributed by atoms with Crippen LogP contribution in [0.4, 0.5) is 0 Å². The molecule has 2 atom stereocenters. The van der Waals surface area contributed by atoms with Crippen molar-refractivity contribution < 1.29 is 14.3 Å². The van der Waals surface area contributed by atoms with Gasteiger partial charge in [0.15, 0.2) is 0 Å². The van der Waals surface area contributed by atoms with Crippen molar-refractivity contribution >= 4 is 22.6 Å². The van der Waals surface area contributed by atoms with Gasteiger partial charge in [-0.05, 0) is 30.7 Å². The number of fused-ring (bicyclic) bond motifs is 1. The summed E-state index contributed by atoms with van der Waals surface area (Å²) >= 11 is 5.99. The van der Waals surface area contributed by atoms with Gasteiger partial charge in [0.25, 0.3) is 0 Å². The lowest BCUT2D eigenvalue weighted by atomic mass is 9.86. The van der Waals surface area contributed by atoms with Gasteiger partial charge in [0.1, 0.15) is 16.9 Å². The third-order valence-electron chi connectivity index (χ3n) is 3.98. The van der Waals surface area contributed by atoms with Crippen LogP contribution in [0.3, 0.4) is 0 Å². The second-order valence-corrected chi connectivity index (χ2v) is 6.00. The summed E-state index contributed by atoms with van der Waals surface area (Å²) in [5.41, 5.74) is -0.166. The molecular formula is C16H19ClO3. The van der Waals surface area contributed by atoms with Crippen LogP contribution in [0.2, 0.25) is 5.02 Å². The maximum atomic E-state index is 10.9. The molecule has 108 valence electrons. The Morgan fingerprint density at radius 3 is 3.05 bits per heavy atom. The molecule has 1 saturated heterocycles. The van der Waals surface area contributed by atoms with Crippen molar-refractivity contribution in [2.45, 2.75) is 44.3 Å². The quantitative estimate of drug-likeness (QED) is 0.920. The van der Waals surface area contributed by atoms with Crippen molar-refractivity contribution in [1.82, 2.24) is 0 Å². The van der Waals surface area contributed by atoms with Crippen LogP contribution < -0.4 is 0 Å². The highest BCUT2D eigenvalue weighted by molar-refractivity contribution is 6.31. The summed E-state index contributed by atoms with van der Waals surface area (Å²) in [5, 5.41) is 12.5. The number of hydrogen-bond donors (Lipinski definition) is 1. The summed E-state index contributed by atoms with van der Waals surface area (Å²) in [5.74, 6) is 0.624. The zero-order chi connectivity index (χ0) is 14.2. The number of benzene rings is 1. The first kappa shape index (κ1) is 13.9. The molecule has 3 nitrogen and oxygen atoms in total. The van der Waals surface area contributed by atoms with Crippen molar-refractivity contribution in [3.05, 3.63) is 35.0 Å². The topological polar surface area (TPSA) is 42.6 Å². The largest absolute Gasteiger partial charge is 0.458 e. The summed E-state index contributed by atoms with van der Waals surface area (Å²) in [4.78, 5) is 0. The molecule has 2 heterocycles. The van der Waals surface area contributed by atoms with Crippen molar-refractivity contribution in [3.63, 3.8) is 0 Å². The highest BCUT2D eigenvalue weighted by Crippen LogP contribution is 2.38. The highest BCUT2D eigenvalue weighted by Gasteiger charge is 2.39. The van der Waals surface area contributed by atoms with E-state index in [0.717, 1.165) is 23.8 Å². The first-order valence-corrected chi connectivity index (χ1v) is 7.52. The molecule has 3 rings (SSSR count). The van der Waals surface area contributed by atoms with E-state index in [1.807, 2.05) is 18.2 Å². The number of ether oxygens (including phenoxy) is 1. The van der Waals surface area contributed by atoms with Crippen molar-refractivity contribution in [3.8, 4) is 0 Å². The van der Waals surface area contributed by atoms with Gasteiger partial charge in [-0.3, -0.25) is 0 Å². The van der Waals surface area contributed by atoms with Gasteiger partial charge >= 0.3 is 0 Å². The van der Waals surface area contributed by atoms with Crippen LogP contribution in [0.5, 0.6) is 0 Å². The minimum Gasteiger partial charge on any atom is -0.458 e. The van der Waals surface area contributed by atoms with Gasteiger partial charge in [-0.2, -0.15) is 0 Å². The average Bonchev–Trinajstić information content (AvgIpc) is 2.83. The molecule has 1 aliphatic rings. The summed E-state index contributed by atoms with van der Waals surface area (Å²) in [6.45, 7) is 2.69. The van der Waals surface area contributed by atoms with E-state index >= 15 is 0 Å². The van der Waals surface area contributed by atoms with Gasteiger partial charge in [0, 0.05) is 23.3 Å². The summed E-state index contributed by atoms with van der Waals surface area (Å²) < 4.78 is 11.5. The van der Waals surface area contributed by atoms with E-state index in [4.69, 9.17) is 20.8 Å². The second-order valence-electron chi connectivity index (χ2n) is 5.56. The van der Waals surface area contributed by atoms with E-state index in [1.54, 1.807) is 6.07 Å². The van der Waals surface area contributed by atoms with E-state index in [0.29, 0.717) is 30.2 Å². The lowest BCUT2D eigenvalue weighted by Crippen LogP contribution is -2.38. The minimum absolute atomic E-state index is 0.107. The van der Waals surface area contributed by atoms with E-state index in [9.17, 15) is 5.11 Å². The number of halogens is 1. The van der Waals surface area contributed by atoms with Crippen LogP contribution >= 0.6 is 11.6 Å². The zero-order valence-electron chi connectivity index (χ0n) is 11.6. The fraction of sp³-hybridized carbons (Fsp3) is 0.500. The number of rotatable bonds is 3. The van der Waals surface area contributed by atoms with Crippen LogP contribution in [-0.2, 0) is 10.3 Å². The maximum absolute atomic E-state index is 10.9. The predicted octanol–water partition coefficient (Wildman–Crippen LogP) is 4.25. The molecule has 2 aromatic rings. The molecule has 1 aromatic carbocycles. The standard InChI is InChI=1S/C16H19ClO3/c1-2-3-13-10-16(18,6-7-19-13)15-9-11-8-12(17)4-5-14(11)20-15/h4-5,8-9,13,18H,2-3,6-7,10H2,1H3. The third kappa shape index (κ3) is 2.58. The Bertz CT molecular complexity index is 605. The minimum atomic E-state index is -0.927. The molecule has 1 fully saturated rings. The Hall–Kier alpha value is -1.03. The van der Waals surface area contributed by atoms with Gasteiger partial charge in [0.2, 0.25) is 0 Å². The average molecular weight is 295 g/mol.